The molecule has 0 saturated heterocycles. The third-order valence-corrected chi connectivity index (χ3v) is 3.11. The topological polar surface area (TPSA) is 113 Å². The lowest BCUT2D eigenvalue weighted by molar-refractivity contribution is -0.383. The predicted molar refractivity (Wildman–Crippen MR) is 73.3 cm³/mol. The minimum Gasteiger partial charge on any atom is -0.391 e. The quantitative estimate of drug-likeness (QED) is 0.502. The van der Waals surface area contributed by atoms with Gasteiger partial charge in [-0.3, -0.25) is 19.5 Å². The second-order valence-electron chi connectivity index (χ2n) is 4.51. The molecule has 1 aromatic heterocycles. The third kappa shape index (κ3) is 2.67. The zero-order valence-corrected chi connectivity index (χ0v) is 11.5. The average Bonchev–Trinajstić information content (AvgIpc) is 2.43. The number of nitrogens with two attached hydrogens (primary N) is 1. The van der Waals surface area contributed by atoms with Gasteiger partial charge in [-0.2, -0.15) is 13.2 Å². The number of benzene rings is 1. The number of nitro groups is 1. The fourth-order valence-electron chi connectivity index (χ4n) is 2.01. The minimum absolute atomic E-state index is 0.222. The Morgan fingerprint density at radius 1 is 1.26 bits per heavy atom. The maximum absolute atomic E-state index is 12.8. The van der Waals surface area contributed by atoms with Crippen LogP contribution >= 0.6 is 0 Å². The lowest BCUT2D eigenvalue weighted by Crippen LogP contribution is -2.41. The smallest absolute Gasteiger partial charge is 0.391 e. The van der Waals surface area contributed by atoms with Gasteiger partial charge in [0.05, 0.1) is 10.6 Å². The summed E-state index contributed by atoms with van der Waals surface area (Å²) >= 11 is 0. The molecule has 122 valence electrons. The molecule has 0 fully saturated rings. The number of para-hydroxylation sites is 1. The second kappa shape index (κ2) is 5.26. The van der Waals surface area contributed by atoms with E-state index in [2.05, 4.69) is 0 Å². The van der Waals surface area contributed by atoms with Crippen molar-refractivity contribution in [1.29, 1.82) is 0 Å². The molecule has 8 nitrogen and oxygen atoms in total. The number of rotatable bonds is 2. The first-order valence-electron chi connectivity index (χ1n) is 5.99. The maximum Gasteiger partial charge on any atom is 0.431 e. The number of hydrogen-bond donors (Lipinski definition) is 1. The molecule has 0 spiro atoms. The Morgan fingerprint density at radius 3 is 2.39 bits per heavy atom. The molecule has 0 radical (unpaired) electrons. The molecule has 2 aromatic rings. The van der Waals surface area contributed by atoms with Crippen molar-refractivity contribution in [2.24, 2.45) is 7.05 Å². The Hall–Kier alpha value is -3.11. The summed E-state index contributed by atoms with van der Waals surface area (Å²) in [4.78, 5) is 34.0. The molecule has 0 unspecified atom stereocenters. The summed E-state index contributed by atoms with van der Waals surface area (Å²) in [5, 5.41) is 10.8. The van der Waals surface area contributed by atoms with Crippen LogP contribution in [-0.4, -0.2) is 14.1 Å². The molecule has 1 heterocycles. The van der Waals surface area contributed by atoms with E-state index >= 15 is 0 Å². The number of alkyl halides is 3. The highest BCUT2D eigenvalue weighted by atomic mass is 19.4. The molecule has 1 aromatic carbocycles. The highest BCUT2D eigenvalue weighted by molar-refractivity contribution is 5.70. The highest BCUT2D eigenvalue weighted by Gasteiger charge is 2.35. The van der Waals surface area contributed by atoms with E-state index in [4.69, 9.17) is 5.73 Å². The lowest BCUT2D eigenvalue weighted by Gasteiger charge is -2.14. The van der Waals surface area contributed by atoms with E-state index in [0.717, 1.165) is 25.2 Å². The van der Waals surface area contributed by atoms with E-state index < -0.39 is 39.4 Å². The molecule has 0 bridgehead atoms. The van der Waals surface area contributed by atoms with Crippen LogP contribution in [-0.2, 0) is 13.2 Å². The monoisotopic (exact) mass is 330 g/mol. The number of halogens is 3. The Morgan fingerprint density at radius 2 is 1.87 bits per heavy atom. The standard InChI is InChI=1S/C12H9F3N4O4/c1-17-8(12(13,14)15)5-9(20)18(11(17)21)6-3-2-4-7(10(6)16)19(22)23/h2-5H,16H2,1H3. The first kappa shape index (κ1) is 16.3. The van der Waals surface area contributed by atoms with Crippen molar-refractivity contribution in [2.75, 3.05) is 5.73 Å². The molecule has 11 heteroatoms. The summed E-state index contributed by atoms with van der Waals surface area (Å²) in [6.45, 7) is 0. The molecule has 0 saturated carbocycles. The van der Waals surface area contributed by atoms with Gasteiger partial charge in [0.25, 0.3) is 11.2 Å². The van der Waals surface area contributed by atoms with E-state index in [1.807, 2.05) is 0 Å². The van der Waals surface area contributed by atoms with Crippen LogP contribution in [0.25, 0.3) is 5.69 Å². The van der Waals surface area contributed by atoms with Crippen LogP contribution in [0, 0.1) is 10.1 Å². The number of aromatic nitrogens is 2. The normalized spacial score (nSPS) is 11.5. The van der Waals surface area contributed by atoms with Crippen molar-refractivity contribution in [2.45, 2.75) is 6.18 Å². The fraction of sp³-hybridized carbons (Fsp3) is 0.167. The Labute approximate surface area is 125 Å². The van der Waals surface area contributed by atoms with Crippen molar-refractivity contribution < 1.29 is 18.1 Å². The first-order chi connectivity index (χ1) is 10.6. The van der Waals surface area contributed by atoms with Gasteiger partial charge in [0.1, 0.15) is 11.4 Å². The van der Waals surface area contributed by atoms with Gasteiger partial charge in [0.15, 0.2) is 0 Å². The molecule has 23 heavy (non-hydrogen) atoms. The summed E-state index contributed by atoms with van der Waals surface area (Å²) in [6.07, 6.45) is -4.90. The van der Waals surface area contributed by atoms with Crippen molar-refractivity contribution >= 4 is 11.4 Å². The van der Waals surface area contributed by atoms with Gasteiger partial charge in [0, 0.05) is 19.2 Å². The van der Waals surface area contributed by atoms with E-state index in [0.29, 0.717) is 4.57 Å². The van der Waals surface area contributed by atoms with Gasteiger partial charge >= 0.3 is 11.9 Å². The second-order valence-corrected chi connectivity index (χ2v) is 4.51. The predicted octanol–water partition coefficient (Wildman–Crippen LogP) is 1.05. The van der Waals surface area contributed by atoms with Crippen molar-refractivity contribution in [3.05, 3.63) is 60.9 Å². The van der Waals surface area contributed by atoms with E-state index in [1.54, 1.807) is 0 Å². The largest absolute Gasteiger partial charge is 0.431 e. The third-order valence-electron chi connectivity index (χ3n) is 3.11. The van der Waals surface area contributed by atoms with Crippen LogP contribution in [0.5, 0.6) is 0 Å². The van der Waals surface area contributed by atoms with E-state index in [1.165, 1.54) is 0 Å². The Kier molecular flexibility index (Phi) is 3.72. The summed E-state index contributed by atoms with van der Waals surface area (Å²) in [7, 11) is 0.828. The number of nitro benzene ring substituents is 1. The van der Waals surface area contributed by atoms with E-state index in [-0.39, 0.29) is 16.3 Å². The lowest BCUT2D eigenvalue weighted by atomic mass is 10.2. The van der Waals surface area contributed by atoms with E-state index in [9.17, 15) is 32.9 Å². The van der Waals surface area contributed by atoms with Crippen LogP contribution in [0.1, 0.15) is 5.69 Å². The molecular weight excluding hydrogens is 321 g/mol. The van der Waals surface area contributed by atoms with Gasteiger partial charge < -0.3 is 5.73 Å². The number of anilines is 1. The van der Waals surface area contributed by atoms with Gasteiger partial charge in [-0.05, 0) is 6.07 Å². The van der Waals surface area contributed by atoms with Gasteiger partial charge in [-0.25, -0.2) is 9.36 Å². The zero-order valence-electron chi connectivity index (χ0n) is 11.5. The number of nitrogens with zero attached hydrogens (tertiary/aromatic N) is 3. The molecule has 0 atom stereocenters. The maximum atomic E-state index is 12.8. The van der Waals surface area contributed by atoms with Crippen LogP contribution in [0.4, 0.5) is 24.5 Å². The molecule has 0 aliphatic heterocycles. The molecule has 0 aliphatic rings. The Balaban J connectivity index is 2.85. The molecule has 0 aliphatic carbocycles. The molecule has 2 rings (SSSR count). The summed E-state index contributed by atoms with van der Waals surface area (Å²) in [6, 6.07) is 3.55. The summed E-state index contributed by atoms with van der Waals surface area (Å²) in [5.74, 6) is 0. The summed E-state index contributed by atoms with van der Waals surface area (Å²) in [5.41, 5.74) is 0.0597. The average molecular weight is 330 g/mol. The Bertz CT molecular complexity index is 914. The van der Waals surface area contributed by atoms with Gasteiger partial charge in [-0.1, -0.05) is 6.07 Å². The first-order valence-corrected chi connectivity index (χ1v) is 5.99. The van der Waals surface area contributed by atoms with Gasteiger partial charge in [-0.15, -0.1) is 0 Å². The molecule has 0 amide bonds. The SMILES string of the molecule is Cn1c(C(F)(F)F)cc(=O)n(-c2cccc([N+](=O)[O-])c2N)c1=O. The van der Waals surface area contributed by atoms with Crippen molar-refractivity contribution in [3.63, 3.8) is 0 Å². The highest BCUT2D eigenvalue weighted by Crippen LogP contribution is 2.28. The van der Waals surface area contributed by atoms with Crippen LogP contribution < -0.4 is 17.0 Å². The van der Waals surface area contributed by atoms with Gasteiger partial charge in [0.2, 0.25) is 0 Å². The van der Waals surface area contributed by atoms with Crippen LogP contribution in [0.3, 0.4) is 0 Å². The zero-order chi connectivity index (χ0) is 17.5. The minimum atomic E-state index is -4.90. The molecule has 2 N–H and O–H groups in total. The van der Waals surface area contributed by atoms with Crippen LogP contribution in [0.15, 0.2) is 33.9 Å². The summed E-state index contributed by atoms with van der Waals surface area (Å²) < 4.78 is 38.9. The molecular formula is C12H9F3N4O4. The fourth-order valence-corrected chi connectivity index (χ4v) is 2.01. The van der Waals surface area contributed by atoms with Crippen molar-refractivity contribution in [3.8, 4) is 5.69 Å². The number of nitrogen functional groups attached to an aromatic ring is 1. The van der Waals surface area contributed by atoms with Crippen LogP contribution in [0.2, 0.25) is 0 Å². The number of hydrogen-bond acceptors (Lipinski definition) is 5. The van der Waals surface area contributed by atoms with Crippen molar-refractivity contribution in [1.82, 2.24) is 9.13 Å².